The number of halogens is 2. The van der Waals surface area contributed by atoms with Gasteiger partial charge in [0.15, 0.2) is 17.5 Å². The fraction of sp³-hybridized carbons (Fsp3) is 0.316. The predicted octanol–water partition coefficient (Wildman–Crippen LogP) is 3.88. The summed E-state index contributed by atoms with van der Waals surface area (Å²) in [5.41, 5.74) is 1.83. The number of ether oxygens (including phenoxy) is 3. The Morgan fingerprint density at radius 1 is 0.852 bits per heavy atom. The standard InChI is InChI=1S/C19H23Cl2N3O3/c1-22-19(23-10-12-5-6-14(20)8-15(12)21)24-11-13-7-17(26-3)18(27-4)9-16(13)25-2/h5-9H,10-11H2,1-4H3,(H2,22,23,24). The van der Waals surface area contributed by atoms with Gasteiger partial charge in [-0.05, 0) is 23.8 Å². The van der Waals surface area contributed by atoms with E-state index < -0.39 is 0 Å². The number of aliphatic imine (C=N–C) groups is 1. The van der Waals surface area contributed by atoms with Crippen LogP contribution in [0.2, 0.25) is 10.0 Å². The Morgan fingerprint density at radius 3 is 2.00 bits per heavy atom. The van der Waals surface area contributed by atoms with E-state index in [9.17, 15) is 0 Å². The molecule has 0 atom stereocenters. The highest BCUT2D eigenvalue weighted by atomic mass is 35.5. The molecule has 0 unspecified atom stereocenters. The van der Waals surface area contributed by atoms with Crippen molar-refractivity contribution in [2.45, 2.75) is 13.1 Å². The smallest absolute Gasteiger partial charge is 0.191 e. The Bertz CT molecular complexity index is 813. The lowest BCUT2D eigenvalue weighted by Crippen LogP contribution is -2.36. The third-order valence-electron chi connectivity index (χ3n) is 3.92. The molecule has 0 aliphatic heterocycles. The Morgan fingerprint density at radius 2 is 1.44 bits per heavy atom. The van der Waals surface area contributed by atoms with Crippen LogP contribution in [-0.2, 0) is 13.1 Å². The van der Waals surface area contributed by atoms with E-state index in [0.717, 1.165) is 11.1 Å². The van der Waals surface area contributed by atoms with Gasteiger partial charge in [-0.25, -0.2) is 0 Å². The molecule has 2 N–H and O–H groups in total. The fourth-order valence-corrected chi connectivity index (χ4v) is 2.95. The molecule has 0 fully saturated rings. The van der Waals surface area contributed by atoms with E-state index in [4.69, 9.17) is 37.4 Å². The number of benzene rings is 2. The minimum Gasteiger partial charge on any atom is -0.496 e. The molecule has 2 aromatic carbocycles. The molecule has 0 saturated heterocycles. The quantitative estimate of drug-likeness (QED) is 0.534. The summed E-state index contributed by atoms with van der Waals surface area (Å²) in [6, 6.07) is 9.05. The van der Waals surface area contributed by atoms with Gasteiger partial charge in [0.25, 0.3) is 0 Å². The Labute approximate surface area is 169 Å². The molecule has 0 radical (unpaired) electrons. The monoisotopic (exact) mass is 411 g/mol. The van der Waals surface area contributed by atoms with E-state index in [1.54, 1.807) is 46.6 Å². The number of nitrogens with one attached hydrogen (secondary N) is 2. The lowest BCUT2D eigenvalue weighted by molar-refractivity contribution is 0.347. The lowest BCUT2D eigenvalue weighted by Gasteiger charge is -2.16. The van der Waals surface area contributed by atoms with Gasteiger partial charge in [0.05, 0.1) is 21.3 Å². The molecule has 0 bridgehead atoms. The number of hydrogen-bond donors (Lipinski definition) is 2. The first-order valence-corrected chi connectivity index (χ1v) is 8.95. The van der Waals surface area contributed by atoms with Crippen molar-refractivity contribution in [1.82, 2.24) is 10.6 Å². The number of hydrogen-bond acceptors (Lipinski definition) is 4. The highest BCUT2D eigenvalue weighted by molar-refractivity contribution is 6.35. The van der Waals surface area contributed by atoms with Crippen molar-refractivity contribution in [3.05, 3.63) is 51.5 Å². The molecule has 0 spiro atoms. The number of nitrogens with zero attached hydrogens (tertiary/aromatic N) is 1. The third-order valence-corrected chi connectivity index (χ3v) is 4.50. The van der Waals surface area contributed by atoms with Crippen LogP contribution in [0.25, 0.3) is 0 Å². The van der Waals surface area contributed by atoms with Crippen molar-refractivity contribution in [2.24, 2.45) is 4.99 Å². The van der Waals surface area contributed by atoms with Crippen LogP contribution in [-0.4, -0.2) is 34.3 Å². The molecule has 27 heavy (non-hydrogen) atoms. The highest BCUT2D eigenvalue weighted by Gasteiger charge is 2.12. The van der Waals surface area contributed by atoms with Crippen molar-refractivity contribution >= 4 is 29.2 Å². The molecule has 0 aliphatic rings. The summed E-state index contributed by atoms with van der Waals surface area (Å²) in [7, 11) is 6.49. The summed E-state index contributed by atoms with van der Waals surface area (Å²) < 4.78 is 16.1. The van der Waals surface area contributed by atoms with Crippen LogP contribution < -0.4 is 24.8 Å². The molecular formula is C19H23Cl2N3O3. The van der Waals surface area contributed by atoms with Gasteiger partial charge in [0.2, 0.25) is 0 Å². The SMILES string of the molecule is CN=C(NCc1ccc(Cl)cc1Cl)NCc1cc(OC)c(OC)cc1OC. The maximum Gasteiger partial charge on any atom is 0.191 e. The average molecular weight is 412 g/mol. The number of guanidine groups is 1. The Hall–Kier alpha value is -2.31. The summed E-state index contributed by atoms with van der Waals surface area (Å²) in [6.45, 7) is 0.996. The summed E-state index contributed by atoms with van der Waals surface area (Å²) in [5.74, 6) is 2.55. The van der Waals surface area contributed by atoms with E-state index in [2.05, 4.69) is 15.6 Å². The minimum absolute atomic E-state index is 0.484. The van der Waals surface area contributed by atoms with E-state index >= 15 is 0 Å². The Kier molecular flexibility index (Phi) is 7.88. The van der Waals surface area contributed by atoms with Crippen LogP contribution in [0.15, 0.2) is 35.3 Å². The van der Waals surface area contributed by atoms with E-state index in [1.165, 1.54) is 0 Å². The number of rotatable bonds is 7. The summed E-state index contributed by atoms with van der Waals surface area (Å²) >= 11 is 12.1. The maximum absolute atomic E-state index is 6.20. The van der Waals surface area contributed by atoms with Gasteiger partial charge in [-0.1, -0.05) is 29.3 Å². The second-order valence-electron chi connectivity index (χ2n) is 5.53. The molecule has 0 aliphatic carbocycles. The zero-order valence-corrected chi connectivity index (χ0v) is 17.2. The van der Waals surface area contributed by atoms with Gasteiger partial charge in [-0.15, -0.1) is 0 Å². The summed E-state index contributed by atoms with van der Waals surface area (Å²) in [5, 5.41) is 7.67. The molecule has 0 amide bonds. The Balaban J connectivity index is 2.05. The van der Waals surface area contributed by atoms with Crippen molar-refractivity contribution in [2.75, 3.05) is 28.4 Å². The molecule has 0 saturated carbocycles. The van der Waals surface area contributed by atoms with Gasteiger partial charge in [0.1, 0.15) is 5.75 Å². The second kappa shape index (κ2) is 10.1. The normalized spacial score (nSPS) is 11.1. The topological polar surface area (TPSA) is 64.1 Å². The second-order valence-corrected chi connectivity index (χ2v) is 6.38. The van der Waals surface area contributed by atoms with Crippen molar-refractivity contribution in [3.8, 4) is 17.2 Å². The van der Waals surface area contributed by atoms with Crippen LogP contribution >= 0.6 is 23.2 Å². The molecule has 146 valence electrons. The molecule has 2 aromatic rings. The molecule has 2 rings (SSSR count). The van der Waals surface area contributed by atoms with Crippen molar-refractivity contribution in [1.29, 1.82) is 0 Å². The fourth-order valence-electron chi connectivity index (χ4n) is 2.47. The maximum atomic E-state index is 6.20. The number of methoxy groups -OCH3 is 3. The molecule has 0 heterocycles. The van der Waals surface area contributed by atoms with Crippen LogP contribution in [0.3, 0.4) is 0 Å². The van der Waals surface area contributed by atoms with Gasteiger partial charge in [-0.2, -0.15) is 0 Å². The van der Waals surface area contributed by atoms with Crippen molar-refractivity contribution in [3.63, 3.8) is 0 Å². The minimum atomic E-state index is 0.484. The summed E-state index contributed by atoms with van der Waals surface area (Å²) in [4.78, 5) is 4.23. The van der Waals surface area contributed by atoms with Gasteiger partial charge in [-0.3, -0.25) is 4.99 Å². The molecule has 8 heteroatoms. The molecular weight excluding hydrogens is 389 g/mol. The van der Waals surface area contributed by atoms with Gasteiger partial charge >= 0.3 is 0 Å². The van der Waals surface area contributed by atoms with Crippen LogP contribution in [0.1, 0.15) is 11.1 Å². The van der Waals surface area contributed by atoms with E-state index in [1.807, 2.05) is 12.1 Å². The molecule has 6 nitrogen and oxygen atoms in total. The summed E-state index contributed by atoms with van der Waals surface area (Å²) in [6.07, 6.45) is 0. The zero-order valence-electron chi connectivity index (χ0n) is 15.7. The zero-order chi connectivity index (χ0) is 19.8. The van der Waals surface area contributed by atoms with E-state index in [0.29, 0.717) is 46.3 Å². The first kappa shape index (κ1) is 21.0. The highest BCUT2D eigenvalue weighted by Crippen LogP contribution is 2.34. The van der Waals surface area contributed by atoms with E-state index in [-0.39, 0.29) is 0 Å². The third kappa shape index (κ3) is 5.58. The van der Waals surface area contributed by atoms with Gasteiger partial charge < -0.3 is 24.8 Å². The van der Waals surface area contributed by atoms with Crippen LogP contribution in [0.4, 0.5) is 0 Å². The largest absolute Gasteiger partial charge is 0.496 e. The van der Waals surface area contributed by atoms with Gasteiger partial charge in [0, 0.05) is 41.8 Å². The average Bonchev–Trinajstić information content (AvgIpc) is 2.68. The van der Waals surface area contributed by atoms with Crippen LogP contribution in [0, 0.1) is 0 Å². The van der Waals surface area contributed by atoms with Crippen LogP contribution in [0.5, 0.6) is 17.2 Å². The lowest BCUT2D eigenvalue weighted by atomic mass is 10.1. The predicted molar refractivity (Wildman–Crippen MR) is 110 cm³/mol. The molecule has 0 aromatic heterocycles. The van der Waals surface area contributed by atoms with Crippen molar-refractivity contribution < 1.29 is 14.2 Å². The first-order valence-electron chi connectivity index (χ1n) is 8.19. The first-order chi connectivity index (χ1) is 13.0.